The second-order valence-corrected chi connectivity index (χ2v) is 19.1. The number of carbonyl (C=O) groups is 10. The van der Waals surface area contributed by atoms with Crippen molar-refractivity contribution in [2.45, 2.75) is 69.5 Å². The zero-order chi connectivity index (χ0) is 55.7. The monoisotopic (exact) mass is 1080 g/mol. The normalized spacial score (nSPS) is 16.9. The summed E-state index contributed by atoms with van der Waals surface area (Å²) in [7, 11) is 0. The molecule has 1 aliphatic heterocycles. The Kier molecular flexibility index (Phi) is 24.5. The fourth-order valence-electron chi connectivity index (χ4n) is 9.13. The molecule has 0 aromatic heterocycles. The molecule has 2 unspecified atom stereocenters. The quantitative estimate of drug-likeness (QED) is 0.0325. The lowest BCUT2D eigenvalue weighted by atomic mass is 10.0. The summed E-state index contributed by atoms with van der Waals surface area (Å²) in [6.45, 7) is 4.17. The van der Waals surface area contributed by atoms with Gasteiger partial charge in [-0.25, -0.2) is 14.4 Å². The van der Waals surface area contributed by atoms with Crippen LogP contribution >= 0.6 is 0 Å². The number of carboxylic acids is 4. The Balaban J connectivity index is 1.16. The molecule has 0 spiro atoms. The Labute approximate surface area is 444 Å². The SMILES string of the molecule is O=COCN1CCN(COC=O)CCN(CC(=O)NCC2Cc3ccc(C(=O)N[C@@H](Cc4ccc5ccccc5c4)C(=O)NCCCCC(NC(=O)N[C@@H](CCC(=O)O)C(=O)O)C(=O)O)cc3C2)CCN(CC(=O)O)CC1. The lowest BCUT2D eigenvalue weighted by Crippen LogP contribution is -2.51. The number of aliphatic carboxylic acids is 4. The van der Waals surface area contributed by atoms with Crippen molar-refractivity contribution in [2.75, 3.05) is 92.0 Å². The molecule has 3 aromatic rings. The molecule has 25 heteroatoms. The van der Waals surface area contributed by atoms with Crippen molar-refractivity contribution in [3.63, 3.8) is 0 Å². The van der Waals surface area contributed by atoms with E-state index >= 15 is 0 Å². The molecule has 3 aromatic carbocycles. The number of hydrogen-bond acceptors (Lipinski definition) is 16. The molecule has 5 amide bonds. The molecule has 9 N–H and O–H groups in total. The van der Waals surface area contributed by atoms with Crippen molar-refractivity contribution >= 4 is 71.3 Å². The first-order valence-electron chi connectivity index (χ1n) is 25.4. The minimum atomic E-state index is -1.55. The Hall–Kier alpha value is -7.74. The molecule has 418 valence electrons. The molecule has 0 saturated carbocycles. The third-order valence-corrected chi connectivity index (χ3v) is 13.3. The highest BCUT2D eigenvalue weighted by Crippen LogP contribution is 2.28. The number of carboxylic acid groups (broad SMARTS) is 4. The number of ether oxygens (including phenoxy) is 2. The highest BCUT2D eigenvalue weighted by Gasteiger charge is 2.28. The molecule has 77 heavy (non-hydrogen) atoms. The van der Waals surface area contributed by atoms with Gasteiger partial charge in [0.25, 0.3) is 18.9 Å². The highest BCUT2D eigenvalue weighted by atomic mass is 16.5. The molecule has 4 atom stereocenters. The number of urea groups is 1. The number of carbonyl (C=O) groups excluding carboxylic acids is 6. The Bertz CT molecular complexity index is 2530. The molecule has 0 radical (unpaired) electrons. The van der Waals surface area contributed by atoms with Gasteiger partial charge in [-0.05, 0) is 84.0 Å². The van der Waals surface area contributed by atoms with E-state index in [2.05, 4.69) is 26.6 Å². The number of nitrogens with one attached hydrogen (secondary N) is 5. The minimum Gasteiger partial charge on any atom is -0.481 e. The maximum atomic E-state index is 14.0. The summed E-state index contributed by atoms with van der Waals surface area (Å²) < 4.78 is 10.0. The average molecular weight is 1080 g/mol. The van der Waals surface area contributed by atoms with Crippen LogP contribution in [0.3, 0.4) is 0 Å². The zero-order valence-electron chi connectivity index (χ0n) is 42.8. The molecular formula is C52H69N9O16. The first-order valence-corrected chi connectivity index (χ1v) is 25.4. The third-order valence-electron chi connectivity index (χ3n) is 13.3. The summed E-state index contributed by atoms with van der Waals surface area (Å²) in [5.74, 6) is -6.30. The molecule has 1 fully saturated rings. The van der Waals surface area contributed by atoms with Crippen LogP contribution in [0, 0.1) is 5.92 Å². The molecule has 1 saturated heterocycles. The van der Waals surface area contributed by atoms with Crippen molar-refractivity contribution in [1.29, 1.82) is 0 Å². The fourth-order valence-corrected chi connectivity index (χ4v) is 9.13. The van der Waals surface area contributed by atoms with E-state index in [4.69, 9.17) is 14.6 Å². The second kappa shape index (κ2) is 31.3. The second-order valence-electron chi connectivity index (χ2n) is 19.1. The predicted octanol–water partition coefficient (Wildman–Crippen LogP) is -0.0640. The van der Waals surface area contributed by atoms with E-state index in [-0.39, 0.29) is 70.6 Å². The third kappa shape index (κ3) is 21.1. The molecule has 5 rings (SSSR count). The first-order chi connectivity index (χ1) is 37.0. The van der Waals surface area contributed by atoms with Crippen LogP contribution in [0.4, 0.5) is 4.79 Å². The largest absolute Gasteiger partial charge is 0.481 e. The van der Waals surface area contributed by atoms with Crippen LogP contribution in [0.5, 0.6) is 0 Å². The number of hydrogen-bond donors (Lipinski definition) is 9. The Morgan fingerprint density at radius 3 is 1.78 bits per heavy atom. The molecule has 2 aliphatic rings. The van der Waals surface area contributed by atoms with Gasteiger partial charge in [0.05, 0.1) is 13.1 Å². The highest BCUT2D eigenvalue weighted by molar-refractivity contribution is 5.98. The predicted molar refractivity (Wildman–Crippen MR) is 275 cm³/mol. The summed E-state index contributed by atoms with van der Waals surface area (Å²) in [5.41, 5.74) is 3.06. The van der Waals surface area contributed by atoms with E-state index in [1.807, 2.05) is 63.2 Å². The van der Waals surface area contributed by atoms with Crippen molar-refractivity contribution in [3.8, 4) is 0 Å². The number of nitrogens with zero attached hydrogens (tertiary/aromatic N) is 4. The van der Waals surface area contributed by atoms with E-state index in [1.165, 1.54) is 0 Å². The van der Waals surface area contributed by atoms with Gasteiger partial charge in [-0.2, -0.15) is 0 Å². The maximum Gasteiger partial charge on any atom is 0.326 e. The van der Waals surface area contributed by atoms with E-state index < -0.39 is 72.7 Å². The summed E-state index contributed by atoms with van der Waals surface area (Å²) >= 11 is 0. The smallest absolute Gasteiger partial charge is 0.326 e. The van der Waals surface area contributed by atoms with E-state index in [0.717, 1.165) is 27.5 Å². The van der Waals surface area contributed by atoms with E-state index in [9.17, 15) is 63.3 Å². The molecule has 0 bridgehead atoms. The number of fused-ring (bicyclic) bond motifs is 2. The Morgan fingerprint density at radius 1 is 0.597 bits per heavy atom. The van der Waals surface area contributed by atoms with Crippen LogP contribution in [-0.4, -0.2) is 211 Å². The topological polar surface area (TPSA) is 343 Å². The van der Waals surface area contributed by atoms with E-state index in [0.29, 0.717) is 90.3 Å². The van der Waals surface area contributed by atoms with Crippen molar-refractivity contribution < 1.29 is 77.8 Å². The minimum absolute atomic E-state index is 0.0129. The van der Waals surface area contributed by atoms with Crippen LogP contribution in [-0.2, 0) is 67.1 Å². The van der Waals surface area contributed by atoms with Gasteiger partial charge in [-0.15, -0.1) is 0 Å². The van der Waals surface area contributed by atoms with Gasteiger partial charge in [-0.1, -0.05) is 48.5 Å². The average Bonchev–Trinajstić information content (AvgIpc) is 3.82. The van der Waals surface area contributed by atoms with Gasteiger partial charge in [0.1, 0.15) is 31.6 Å². The number of amides is 5. The summed E-state index contributed by atoms with van der Waals surface area (Å²) in [4.78, 5) is 129. The van der Waals surface area contributed by atoms with E-state index in [1.54, 1.807) is 17.0 Å². The van der Waals surface area contributed by atoms with Gasteiger partial charge in [0, 0.05) is 83.9 Å². The fraction of sp³-hybridized carbons (Fsp3) is 0.500. The van der Waals surface area contributed by atoms with Crippen LogP contribution in [0.2, 0.25) is 0 Å². The zero-order valence-corrected chi connectivity index (χ0v) is 42.8. The molecule has 25 nitrogen and oxygen atoms in total. The standard InChI is InChI=1S/C52H69N9O16/c62-33-76-31-60-19-17-58(15-16-59(30-47(67)68)18-20-61(22-21-60)32-77-34-63)29-45(64)54-28-36-24-39-10-11-40(27-41(39)25-36)48(69)55-44(26-35-8-9-37-5-1-2-6-38(37)23-35)49(70)53-14-4-3-7-42(50(71)72)56-52(75)57-43(51(73)74)12-13-46(65)66/h1-2,5-6,8-11,23,27,33-34,36,42-44H,3-4,7,12-22,24-26,28-32H2,(H,53,70)(H,54,64)(H,55,69)(H,65,66)(H,67,68)(H,71,72)(H,73,74)(H2,56,57,75)/t36?,42?,43-,44-/m0/s1. The molecular weight excluding hydrogens is 1010 g/mol. The first kappa shape index (κ1) is 60.1. The summed E-state index contributed by atoms with van der Waals surface area (Å²) in [6, 6.07) is 13.7. The maximum absolute atomic E-state index is 14.0. The molecule has 1 heterocycles. The van der Waals surface area contributed by atoms with Crippen molar-refractivity contribution in [3.05, 3.63) is 82.9 Å². The number of rotatable bonds is 29. The summed E-state index contributed by atoms with van der Waals surface area (Å²) in [5, 5.41) is 52.5. The van der Waals surface area contributed by atoms with Crippen molar-refractivity contribution in [1.82, 2.24) is 46.2 Å². The lowest BCUT2D eigenvalue weighted by molar-refractivity contribution is -0.141. The van der Waals surface area contributed by atoms with Gasteiger partial charge >= 0.3 is 29.9 Å². The number of benzene rings is 3. The van der Waals surface area contributed by atoms with Gasteiger partial charge < -0.3 is 56.5 Å². The van der Waals surface area contributed by atoms with Crippen LogP contribution < -0.4 is 26.6 Å². The van der Waals surface area contributed by atoms with Crippen LogP contribution in [0.1, 0.15) is 59.2 Å². The Morgan fingerprint density at radius 2 is 1.18 bits per heavy atom. The molecule has 1 aliphatic carbocycles. The summed E-state index contributed by atoms with van der Waals surface area (Å²) in [6.07, 6.45) is 0.845. The van der Waals surface area contributed by atoms with Gasteiger partial charge in [0.2, 0.25) is 11.8 Å². The van der Waals surface area contributed by atoms with Crippen molar-refractivity contribution in [2.24, 2.45) is 5.92 Å². The van der Waals surface area contributed by atoms with Crippen LogP contribution in [0.15, 0.2) is 60.7 Å². The lowest BCUT2D eigenvalue weighted by Gasteiger charge is -2.33. The number of unbranched alkanes of at least 4 members (excludes halogenated alkanes) is 1. The van der Waals surface area contributed by atoms with Crippen LogP contribution in [0.25, 0.3) is 10.8 Å². The van der Waals surface area contributed by atoms with Gasteiger partial charge in [0.15, 0.2) is 0 Å². The van der Waals surface area contributed by atoms with Gasteiger partial charge in [-0.3, -0.25) is 53.2 Å².